The average molecular weight is 371 g/mol. The molecule has 1 fully saturated rings. The molecule has 1 aromatic heterocycles. The van der Waals surface area contributed by atoms with Gasteiger partial charge in [-0.05, 0) is 18.6 Å². The van der Waals surface area contributed by atoms with Gasteiger partial charge in [-0.2, -0.15) is 0 Å². The highest BCUT2D eigenvalue weighted by Crippen LogP contribution is 2.22. The minimum atomic E-state index is -0.198. The van der Waals surface area contributed by atoms with Crippen molar-refractivity contribution in [2.24, 2.45) is 0 Å². The summed E-state index contributed by atoms with van der Waals surface area (Å²) in [6.45, 7) is 5.64. The Balaban J connectivity index is 1.65. The van der Waals surface area contributed by atoms with Crippen molar-refractivity contribution in [1.82, 2.24) is 14.9 Å². The summed E-state index contributed by atoms with van der Waals surface area (Å²) in [5.41, 5.74) is 1.04. The number of carbonyl (C=O) groups excluding carboxylic acids is 1. The summed E-state index contributed by atoms with van der Waals surface area (Å²) < 4.78 is 14.0. The van der Waals surface area contributed by atoms with Gasteiger partial charge in [-0.1, -0.05) is 25.5 Å². The lowest BCUT2D eigenvalue weighted by molar-refractivity contribution is 0.0787. The first kappa shape index (κ1) is 19.1. The second-order valence-electron chi connectivity index (χ2n) is 6.77. The molecule has 0 aliphatic carbocycles. The fourth-order valence-corrected chi connectivity index (χ4v) is 3.21. The van der Waals surface area contributed by atoms with Gasteiger partial charge in [0.2, 0.25) is 0 Å². The molecule has 0 spiro atoms. The van der Waals surface area contributed by atoms with Crippen LogP contribution in [0.4, 0.5) is 15.9 Å². The number of aromatic nitrogens is 2. The first-order valence-corrected chi connectivity index (χ1v) is 9.42. The van der Waals surface area contributed by atoms with Crippen LogP contribution in [0.5, 0.6) is 0 Å². The van der Waals surface area contributed by atoms with Crippen molar-refractivity contribution >= 4 is 17.4 Å². The second kappa shape index (κ2) is 8.79. The van der Waals surface area contributed by atoms with Crippen LogP contribution in [-0.2, 0) is 0 Å². The number of para-hydroxylation sites is 1. The molecular formula is C20H26FN5O. The van der Waals surface area contributed by atoms with Crippen LogP contribution in [0, 0.1) is 5.82 Å². The highest BCUT2D eigenvalue weighted by atomic mass is 19.1. The fourth-order valence-electron chi connectivity index (χ4n) is 3.21. The van der Waals surface area contributed by atoms with E-state index in [0.29, 0.717) is 37.6 Å². The number of halogens is 1. The highest BCUT2D eigenvalue weighted by molar-refractivity contribution is 5.92. The number of unbranched alkanes of at least 4 members (excludes halogenated alkanes) is 1. The van der Waals surface area contributed by atoms with Crippen LogP contribution >= 0.6 is 0 Å². The molecule has 1 saturated heterocycles. The van der Waals surface area contributed by atoms with Crippen LogP contribution in [0.3, 0.4) is 0 Å². The Labute approximate surface area is 159 Å². The third-order valence-corrected chi connectivity index (χ3v) is 4.86. The van der Waals surface area contributed by atoms with E-state index >= 15 is 0 Å². The van der Waals surface area contributed by atoms with Crippen molar-refractivity contribution < 1.29 is 9.18 Å². The molecule has 3 rings (SSSR count). The number of hydrogen-bond donors (Lipinski definition) is 0. The van der Waals surface area contributed by atoms with Gasteiger partial charge in [0.15, 0.2) is 0 Å². The maximum absolute atomic E-state index is 14.0. The van der Waals surface area contributed by atoms with Gasteiger partial charge in [0.05, 0.1) is 5.69 Å². The summed E-state index contributed by atoms with van der Waals surface area (Å²) in [6, 6.07) is 8.59. The Bertz CT molecular complexity index is 776. The third-order valence-electron chi connectivity index (χ3n) is 4.86. The molecule has 6 nitrogen and oxygen atoms in total. The minimum Gasteiger partial charge on any atom is -0.366 e. The Morgan fingerprint density at radius 3 is 2.56 bits per heavy atom. The molecule has 0 saturated carbocycles. The number of rotatable bonds is 6. The van der Waals surface area contributed by atoms with E-state index in [1.54, 1.807) is 30.1 Å². The monoisotopic (exact) mass is 371 g/mol. The second-order valence-corrected chi connectivity index (χ2v) is 6.77. The summed E-state index contributed by atoms with van der Waals surface area (Å²) in [5.74, 6) is 0.457. The van der Waals surface area contributed by atoms with Gasteiger partial charge in [-0.15, -0.1) is 0 Å². The quantitative estimate of drug-likeness (QED) is 0.782. The minimum absolute atomic E-state index is 0.0860. The zero-order valence-electron chi connectivity index (χ0n) is 15.9. The molecule has 0 radical (unpaired) electrons. The molecule has 2 aromatic rings. The van der Waals surface area contributed by atoms with E-state index in [1.165, 1.54) is 12.4 Å². The lowest BCUT2D eigenvalue weighted by Gasteiger charge is -2.36. The van der Waals surface area contributed by atoms with E-state index in [9.17, 15) is 9.18 Å². The molecule has 1 aromatic carbocycles. The zero-order chi connectivity index (χ0) is 19.2. The van der Waals surface area contributed by atoms with Crippen molar-refractivity contribution in [3.63, 3.8) is 0 Å². The van der Waals surface area contributed by atoms with Crippen LogP contribution in [0.15, 0.2) is 36.7 Å². The Morgan fingerprint density at radius 1 is 1.15 bits per heavy atom. The van der Waals surface area contributed by atoms with Crippen LogP contribution < -0.4 is 9.80 Å². The van der Waals surface area contributed by atoms with Crippen molar-refractivity contribution in [2.75, 3.05) is 49.6 Å². The molecule has 1 aliphatic rings. The van der Waals surface area contributed by atoms with Crippen LogP contribution in [0.2, 0.25) is 0 Å². The summed E-state index contributed by atoms with van der Waals surface area (Å²) in [5, 5.41) is 0. The maximum Gasteiger partial charge on any atom is 0.272 e. The van der Waals surface area contributed by atoms with Crippen molar-refractivity contribution in [3.8, 4) is 0 Å². The first-order valence-electron chi connectivity index (χ1n) is 9.42. The molecule has 1 aliphatic heterocycles. The number of anilines is 2. The van der Waals surface area contributed by atoms with Crippen LogP contribution in [0.1, 0.15) is 30.3 Å². The van der Waals surface area contributed by atoms with Crippen LogP contribution in [-0.4, -0.2) is 60.5 Å². The summed E-state index contributed by atoms with van der Waals surface area (Å²) >= 11 is 0. The molecule has 144 valence electrons. The molecule has 2 heterocycles. The van der Waals surface area contributed by atoms with Crippen molar-refractivity contribution in [2.45, 2.75) is 19.8 Å². The summed E-state index contributed by atoms with van der Waals surface area (Å²) in [6.07, 6.45) is 3.45. The zero-order valence-corrected chi connectivity index (χ0v) is 15.9. The SMILES string of the molecule is CCCCN(C)C(=O)c1cc(N2CCN(c3ccccc3F)CC2)ncn1. The first-order chi connectivity index (χ1) is 13.1. The van der Waals surface area contributed by atoms with E-state index in [-0.39, 0.29) is 11.7 Å². The lowest BCUT2D eigenvalue weighted by atomic mass is 10.2. The predicted molar refractivity (Wildman–Crippen MR) is 105 cm³/mol. The number of carbonyl (C=O) groups is 1. The molecule has 1 amide bonds. The van der Waals surface area contributed by atoms with Gasteiger partial charge in [0, 0.05) is 45.8 Å². The smallest absolute Gasteiger partial charge is 0.272 e. The molecular weight excluding hydrogens is 345 g/mol. The predicted octanol–water partition coefficient (Wildman–Crippen LogP) is 2.81. The fraction of sp³-hybridized carbons (Fsp3) is 0.450. The van der Waals surface area contributed by atoms with Gasteiger partial charge in [-0.3, -0.25) is 4.79 Å². The molecule has 27 heavy (non-hydrogen) atoms. The normalized spacial score (nSPS) is 14.3. The Kier molecular flexibility index (Phi) is 6.21. The largest absolute Gasteiger partial charge is 0.366 e. The molecule has 0 atom stereocenters. The number of amides is 1. The number of nitrogens with zero attached hydrogens (tertiary/aromatic N) is 5. The van der Waals surface area contributed by atoms with Crippen LogP contribution in [0.25, 0.3) is 0 Å². The number of benzene rings is 1. The Morgan fingerprint density at radius 2 is 1.85 bits per heavy atom. The van der Waals surface area contributed by atoms with Gasteiger partial charge >= 0.3 is 0 Å². The summed E-state index contributed by atoms with van der Waals surface area (Å²) in [4.78, 5) is 26.9. The number of hydrogen-bond acceptors (Lipinski definition) is 5. The van der Waals surface area contributed by atoms with Gasteiger partial charge in [0.1, 0.15) is 23.7 Å². The van der Waals surface area contributed by atoms with Crippen molar-refractivity contribution in [3.05, 3.63) is 48.2 Å². The lowest BCUT2D eigenvalue weighted by Crippen LogP contribution is -2.47. The topological polar surface area (TPSA) is 52.6 Å². The van der Waals surface area contributed by atoms with E-state index < -0.39 is 0 Å². The third kappa shape index (κ3) is 4.53. The number of piperazine rings is 1. The maximum atomic E-state index is 14.0. The van der Waals surface area contributed by atoms with Crippen molar-refractivity contribution in [1.29, 1.82) is 0 Å². The van der Waals surface area contributed by atoms with E-state index in [0.717, 1.165) is 25.2 Å². The Hall–Kier alpha value is -2.70. The van der Waals surface area contributed by atoms with Gasteiger partial charge in [0.25, 0.3) is 5.91 Å². The molecule has 7 heteroatoms. The molecule has 0 unspecified atom stereocenters. The molecule has 0 bridgehead atoms. The van der Waals surface area contributed by atoms with E-state index in [1.807, 2.05) is 11.0 Å². The van der Waals surface area contributed by atoms with E-state index in [2.05, 4.69) is 21.8 Å². The average Bonchev–Trinajstić information content (AvgIpc) is 2.72. The summed E-state index contributed by atoms with van der Waals surface area (Å²) in [7, 11) is 1.80. The van der Waals surface area contributed by atoms with E-state index in [4.69, 9.17) is 0 Å². The standard InChI is InChI=1S/C20H26FN5O/c1-3-4-9-24(2)20(27)17-14-19(23-15-22-17)26-12-10-25(11-13-26)18-8-6-5-7-16(18)21/h5-8,14-15H,3-4,9-13H2,1-2H3. The highest BCUT2D eigenvalue weighted by Gasteiger charge is 2.21. The van der Waals surface area contributed by atoms with Gasteiger partial charge < -0.3 is 14.7 Å². The van der Waals surface area contributed by atoms with Gasteiger partial charge in [-0.25, -0.2) is 14.4 Å². The molecule has 0 N–H and O–H groups in total.